The fourth-order valence-electron chi connectivity index (χ4n) is 3.23. The van der Waals surface area contributed by atoms with E-state index in [4.69, 9.17) is 4.74 Å². The fourth-order valence-corrected chi connectivity index (χ4v) is 3.23. The monoisotopic (exact) mass is 268 g/mol. The van der Waals surface area contributed by atoms with Crippen molar-refractivity contribution in [1.82, 2.24) is 10.2 Å². The summed E-state index contributed by atoms with van der Waals surface area (Å²) in [7, 11) is 0. The van der Waals surface area contributed by atoms with Crippen LogP contribution in [-0.4, -0.2) is 49.2 Å². The van der Waals surface area contributed by atoms with Crippen molar-refractivity contribution >= 4 is 5.91 Å². The molecule has 0 aromatic rings. The molecule has 0 bridgehead atoms. The van der Waals surface area contributed by atoms with Crippen LogP contribution < -0.4 is 5.32 Å². The van der Waals surface area contributed by atoms with Crippen LogP contribution in [0.5, 0.6) is 0 Å². The van der Waals surface area contributed by atoms with Crippen molar-refractivity contribution in [2.45, 2.75) is 58.1 Å². The van der Waals surface area contributed by atoms with Gasteiger partial charge in [-0.1, -0.05) is 6.92 Å². The van der Waals surface area contributed by atoms with E-state index < -0.39 is 0 Å². The van der Waals surface area contributed by atoms with Gasteiger partial charge in [0.05, 0.1) is 6.10 Å². The number of rotatable bonds is 7. The van der Waals surface area contributed by atoms with E-state index in [1.165, 1.54) is 0 Å². The van der Waals surface area contributed by atoms with Gasteiger partial charge in [0.15, 0.2) is 0 Å². The predicted octanol–water partition coefficient (Wildman–Crippen LogP) is 1.79. The summed E-state index contributed by atoms with van der Waals surface area (Å²) in [5.74, 6) is 0.910. The summed E-state index contributed by atoms with van der Waals surface area (Å²) in [4.78, 5) is 14.6. The summed E-state index contributed by atoms with van der Waals surface area (Å²) in [5.41, 5.74) is 0. The Balaban J connectivity index is 1.76. The van der Waals surface area contributed by atoms with E-state index in [-0.39, 0.29) is 0 Å². The second kappa shape index (κ2) is 7.25. The Hall–Kier alpha value is -0.610. The Morgan fingerprint density at radius 1 is 1.37 bits per heavy atom. The number of carbonyl (C=O) groups excluding carboxylic acids is 1. The Morgan fingerprint density at radius 3 is 2.74 bits per heavy atom. The van der Waals surface area contributed by atoms with Gasteiger partial charge >= 0.3 is 0 Å². The lowest BCUT2D eigenvalue weighted by Gasteiger charge is -2.37. The molecule has 2 fully saturated rings. The molecule has 4 heteroatoms. The van der Waals surface area contributed by atoms with Crippen LogP contribution in [0.15, 0.2) is 0 Å². The molecule has 4 nitrogen and oxygen atoms in total. The van der Waals surface area contributed by atoms with E-state index >= 15 is 0 Å². The van der Waals surface area contributed by atoms with E-state index in [0.29, 0.717) is 24.0 Å². The first-order valence-electron chi connectivity index (χ1n) is 7.86. The first kappa shape index (κ1) is 14.8. The molecular formula is C15H28N2O2. The zero-order chi connectivity index (χ0) is 13.7. The minimum atomic E-state index is 0.357. The molecule has 0 spiro atoms. The highest BCUT2D eigenvalue weighted by molar-refractivity contribution is 5.77. The van der Waals surface area contributed by atoms with Crippen molar-refractivity contribution in [3.63, 3.8) is 0 Å². The zero-order valence-corrected chi connectivity index (χ0v) is 12.4. The van der Waals surface area contributed by atoms with Gasteiger partial charge in [-0.2, -0.15) is 0 Å². The molecule has 0 aromatic heterocycles. The quantitative estimate of drug-likeness (QED) is 0.765. The standard InChI is InChI=1S/C15H28N2O2/c1-3-7-17(13-5-6-16-11-13)15(18)10-12-8-14(9-12)19-4-2/h12-14,16H,3-11H2,1-2H3. The second-order valence-corrected chi connectivity index (χ2v) is 5.85. The zero-order valence-electron chi connectivity index (χ0n) is 12.4. The summed E-state index contributed by atoms with van der Waals surface area (Å²) in [6.45, 7) is 7.91. The highest BCUT2D eigenvalue weighted by Crippen LogP contribution is 2.33. The lowest BCUT2D eigenvalue weighted by Crippen LogP contribution is -2.44. The van der Waals surface area contributed by atoms with Crippen LogP contribution in [-0.2, 0) is 9.53 Å². The van der Waals surface area contributed by atoms with Gasteiger partial charge < -0.3 is 15.0 Å². The van der Waals surface area contributed by atoms with Gasteiger partial charge in [-0.15, -0.1) is 0 Å². The Labute approximate surface area is 116 Å². The van der Waals surface area contributed by atoms with E-state index in [9.17, 15) is 4.79 Å². The number of hydrogen-bond donors (Lipinski definition) is 1. The normalized spacial score (nSPS) is 30.1. The number of nitrogens with zero attached hydrogens (tertiary/aromatic N) is 1. The minimum absolute atomic E-state index is 0.357. The molecule has 1 saturated heterocycles. The Morgan fingerprint density at radius 2 is 2.16 bits per heavy atom. The number of amides is 1. The van der Waals surface area contributed by atoms with Crippen molar-refractivity contribution < 1.29 is 9.53 Å². The van der Waals surface area contributed by atoms with Crippen LogP contribution in [0.4, 0.5) is 0 Å². The summed E-state index contributed by atoms with van der Waals surface area (Å²) >= 11 is 0. The van der Waals surface area contributed by atoms with Gasteiger partial charge in [0, 0.05) is 32.2 Å². The third-order valence-corrected chi connectivity index (χ3v) is 4.32. The van der Waals surface area contributed by atoms with Crippen LogP contribution >= 0.6 is 0 Å². The maximum Gasteiger partial charge on any atom is 0.223 e. The SMILES string of the molecule is CCCN(C(=O)CC1CC(OCC)C1)C1CCNC1. The third-order valence-electron chi connectivity index (χ3n) is 4.32. The highest BCUT2D eigenvalue weighted by atomic mass is 16.5. The number of nitrogens with one attached hydrogen (secondary N) is 1. The number of carbonyl (C=O) groups is 1. The van der Waals surface area contributed by atoms with Crippen LogP contribution in [0.25, 0.3) is 0 Å². The van der Waals surface area contributed by atoms with Crippen molar-refractivity contribution in [3.05, 3.63) is 0 Å². The van der Waals surface area contributed by atoms with E-state index in [2.05, 4.69) is 17.1 Å². The average molecular weight is 268 g/mol. The van der Waals surface area contributed by atoms with Gasteiger partial charge in [0.25, 0.3) is 0 Å². The van der Waals surface area contributed by atoms with E-state index in [1.54, 1.807) is 0 Å². The molecule has 1 amide bonds. The molecule has 0 radical (unpaired) electrons. The first-order chi connectivity index (χ1) is 9.24. The molecule has 0 aromatic carbocycles. The van der Waals surface area contributed by atoms with Crippen LogP contribution in [0.3, 0.4) is 0 Å². The van der Waals surface area contributed by atoms with Gasteiger partial charge in [0.2, 0.25) is 5.91 Å². The third kappa shape index (κ3) is 3.93. The van der Waals surface area contributed by atoms with Crippen molar-refractivity contribution in [2.75, 3.05) is 26.2 Å². The molecule has 1 aliphatic heterocycles. The van der Waals surface area contributed by atoms with Crippen molar-refractivity contribution in [2.24, 2.45) is 5.92 Å². The number of hydrogen-bond acceptors (Lipinski definition) is 3. The lowest BCUT2D eigenvalue weighted by atomic mass is 9.79. The summed E-state index contributed by atoms with van der Waals surface area (Å²) in [5, 5.41) is 3.36. The second-order valence-electron chi connectivity index (χ2n) is 5.85. The largest absolute Gasteiger partial charge is 0.378 e. The first-order valence-corrected chi connectivity index (χ1v) is 7.86. The minimum Gasteiger partial charge on any atom is -0.378 e. The predicted molar refractivity (Wildman–Crippen MR) is 76.0 cm³/mol. The van der Waals surface area contributed by atoms with Gasteiger partial charge in [-0.05, 0) is 45.1 Å². The van der Waals surface area contributed by atoms with Crippen molar-refractivity contribution in [3.8, 4) is 0 Å². The molecule has 1 N–H and O–H groups in total. The van der Waals surface area contributed by atoms with Crippen molar-refractivity contribution in [1.29, 1.82) is 0 Å². The molecule has 2 rings (SSSR count). The topological polar surface area (TPSA) is 41.6 Å². The van der Waals surface area contributed by atoms with E-state index in [0.717, 1.165) is 58.3 Å². The molecular weight excluding hydrogens is 240 g/mol. The smallest absolute Gasteiger partial charge is 0.223 e. The van der Waals surface area contributed by atoms with Gasteiger partial charge in [0.1, 0.15) is 0 Å². The maximum atomic E-state index is 12.4. The van der Waals surface area contributed by atoms with Gasteiger partial charge in [-0.25, -0.2) is 0 Å². The molecule has 1 saturated carbocycles. The average Bonchev–Trinajstić information content (AvgIpc) is 2.86. The summed E-state index contributed by atoms with van der Waals surface area (Å²) in [6, 6.07) is 0.426. The molecule has 1 aliphatic carbocycles. The molecule has 1 unspecified atom stereocenters. The van der Waals surface area contributed by atoms with Crippen LogP contribution in [0, 0.1) is 5.92 Å². The fraction of sp³-hybridized carbons (Fsp3) is 0.933. The molecule has 19 heavy (non-hydrogen) atoms. The molecule has 1 atom stereocenters. The Kier molecular flexibility index (Phi) is 5.64. The number of ether oxygens (including phenoxy) is 1. The summed E-state index contributed by atoms with van der Waals surface area (Å²) < 4.78 is 5.56. The molecule has 2 aliphatic rings. The lowest BCUT2D eigenvalue weighted by molar-refractivity contribution is -0.136. The summed E-state index contributed by atoms with van der Waals surface area (Å²) in [6.07, 6.45) is 5.44. The highest BCUT2D eigenvalue weighted by Gasteiger charge is 2.34. The maximum absolute atomic E-state index is 12.4. The van der Waals surface area contributed by atoms with Gasteiger partial charge in [-0.3, -0.25) is 4.79 Å². The molecule has 1 heterocycles. The van der Waals surface area contributed by atoms with Crippen LogP contribution in [0.2, 0.25) is 0 Å². The Bertz CT molecular complexity index is 284. The van der Waals surface area contributed by atoms with Crippen LogP contribution in [0.1, 0.15) is 46.0 Å². The van der Waals surface area contributed by atoms with E-state index in [1.807, 2.05) is 6.92 Å². The molecule has 110 valence electrons.